The third kappa shape index (κ3) is 4.09. The van der Waals surface area contributed by atoms with E-state index in [-0.39, 0.29) is 0 Å². The minimum Gasteiger partial charge on any atom is -0.356 e. The van der Waals surface area contributed by atoms with Gasteiger partial charge in [0.1, 0.15) is 5.82 Å². The van der Waals surface area contributed by atoms with Gasteiger partial charge in [0.15, 0.2) is 0 Å². The van der Waals surface area contributed by atoms with E-state index in [0.29, 0.717) is 5.02 Å². The van der Waals surface area contributed by atoms with Crippen LogP contribution in [0.15, 0.2) is 18.3 Å². The number of aromatic nitrogens is 1. The SMILES string of the molecule is CN1CCN(CC2CCCN(c3ccc(Cl)cn3)C2)CC1. The van der Waals surface area contributed by atoms with Crippen molar-refractivity contribution in [2.75, 3.05) is 57.8 Å². The number of hydrogen-bond acceptors (Lipinski definition) is 4. The normalized spacial score (nSPS) is 25.2. The van der Waals surface area contributed by atoms with E-state index in [1.54, 1.807) is 6.20 Å². The summed E-state index contributed by atoms with van der Waals surface area (Å²) in [5.74, 6) is 1.84. The van der Waals surface area contributed by atoms with Gasteiger partial charge in [-0.15, -0.1) is 0 Å². The van der Waals surface area contributed by atoms with Crippen molar-refractivity contribution in [3.05, 3.63) is 23.4 Å². The van der Waals surface area contributed by atoms with Crippen LogP contribution in [0.1, 0.15) is 12.8 Å². The predicted octanol–water partition coefficient (Wildman–Crippen LogP) is 2.20. The molecule has 0 spiro atoms. The van der Waals surface area contributed by atoms with Crippen LogP contribution in [0.25, 0.3) is 0 Å². The molecule has 0 radical (unpaired) electrons. The molecule has 0 aliphatic carbocycles. The van der Waals surface area contributed by atoms with E-state index in [2.05, 4.69) is 26.7 Å². The van der Waals surface area contributed by atoms with Gasteiger partial charge in [0.2, 0.25) is 0 Å². The van der Waals surface area contributed by atoms with Gasteiger partial charge in [-0.3, -0.25) is 0 Å². The number of likely N-dealkylation sites (N-methyl/N-ethyl adjacent to an activating group) is 1. The highest BCUT2D eigenvalue weighted by molar-refractivity contribution is 6.30. The Kier molecular flexibility index (Phi) is 4.99. The zero-order chi connectivity index (χ0) is 14.7. The highest BCUT2D eigenvalue weighted by atomic mass is 35.5. The Bertz CT molecular complexity index is 442. The first-order valence-corrected chi connectivity index (χ1v) is 8.36. The molecule has 21 heavy (non-hydrogen) atoms. The Balaban J connectivity index is 1.54. The molecule has 116 valence electrons. The molecule has 0 aromatic carbocycles. The summed E-state index contributed by atoms with van der Waals surface area (Å²) < 4.78 is 0. The van der Waals surface area contributed by atoms with Gasteiger partial charge in [-0.05, 0) is 37.9 Å². The summed E-state index contributed by atoms with van der Waals surface area (Å²) in [6, 6.07) is 3.98. The molecule has 5 heteroatoms. The summed E-state index contributed by atoms with van der Waals surface area (Å²) in [6.45, 7) is 8.31. The highest BCUT2D eigenvalue weighted by Gasteiger charge is 2.24. The average Bonchev–Trinajstić information content (AvgIpc) is 2.51. The summed E-state index contributed by atoms with van der Waals surface area (Å²) in [6.07, 6.45) is 4.36. The standard InChI is InChI=1S/C16H25ClN4/c1-19-7-9-20(10-8-19)12-14-3-2-6-21(13-14)16-5-4-15(17)11-18-16/h4-5,11,14H,2-3,6-10,12-13H2,1H3. The molecule has 4 nitrogen and oxygen atoms in total. The van der Waals surface area contributed by atoms with E-state index >= 15 is 0 Å². The minimum atomic E-state index is 0.713. The smallest absolute Gasteiger partial charge is 0.128 e. The van der Waals surface area contributed by atoms with Gasteiger partial charge < -0.3 is 14.7 Å². The van der Waals surface area contributed by atoms with Crippen LogP contribution in [-0.4, -0.2) is 67.6 Å². The first-order chi connectivity index (χ1) is 10.2. The van der Waals surface area contributed by atoms with Crippen LogP contribution in [0.5, 0.6) is 0 Å². The number of piperazine rings is 1. The van der Waals surface area contributed by atoms with Crippen molar-refractivity contribution in [2.45, 2.75) is 12.8 Å². The number of anilines is 1. The Labute approximate surface area is 132 Å². The molecule has 2 saturated heterocycles. The molecule has 2 aliphatic rings. The summed E-state index contributed by atoms with van der Waals surface area (Å²) in [4.78, 5) is 11.9. The highest BCUT2D eigenvalue weighted by Crippen LogP contribution is 2.23. The minimum absolute atomic E-state index is 0.713. The summed E-state index contributed by atoms with van der Waals surface area (Å²) in [5.41, 5.74) is 0. The molecule has 2 fully saturated rings. The average molecular weight is 309 g/mol. The first kappa shape index (κ1) is 15.1. The van der Waals surface area contributed by atoms with Crippen LogP contribution in [0.2, 0.25) is 5.02 Å². The van der Waals surface area contributed by atoms with Crippen molar-refractivity contribution in [3.63, 3.8) is 0 Å². The Hall–Kier alpha value is -0.840. The fourth-order valence-corrected chi connectivity index (χ4v) is 3.48. The lowest BCUT2D eigenvalue weighted by molar-refractivity contribution is 0.131. The van der Waals surface area contributed by atoms with Crippen molar-refractivity contribution >= 4 is 17.4 Å². The van der Waals surface area contributed by atoms with E-state index in [4.69, 9.17) is 11.6 Å². The van der Waals surface area contributed by atoms with Crippen molar-refractivity contribution in [1.82, 2.24) is 14.8 Å². The number of piperidine rings is 1. The fraction of sp³-hybridized carbons (Fsp3) is 0.688. The first-order valence-electron chi connectivity index (χ1n) is 7.98. The largest absolute Gasteiger partial charge is 0.356 e. The van der Waals surface area contributed by atoms with E-state index in [9.17, 15) is 0 Å². The quantitative estimate of drug-likeness (QED) is 0.854. The van der Waals surface area contributed by atoms with E-state index < -0.39 is 0 Å². The van der Waals surface area contributed by atoms with Crippen molar-refractivity contribution < 1.29 is 0 Å². The Morgan fingerprint density at radius 3 is 2.71 bits per heavy atom. The van der Waals surface area contributed by atoms with Crippen LogP contribution in [0.4, 0.5) is 5.82 Å². The molecule has 0 N–H and O–H groups in total. The van der Waals surface area contributed by atoms with Crippen LogP contribution < -0.4 is 4.90 Å². The van der Waals surface area contributed by atoms with Crippen molar-refractivity contribution in [1.29, 1.82) is 0 Å². The second-order valence-electron chi connectivity index (χ2n) is 6.39. The summed E-state index contributed by atoms with van der Waals surface area (Å²) >= 11 is 5.93. The predicted molar refractivity (Wildman–Crippen MR) is 88.1 cm³/mol. The molecule has 0 bridgehead atoms. The molecule has 0 saturated carbocycles. The number of pyridine rings is 1. The third-order valence-corrected chi connectivity index (χ3v) is 4.89. The molecule has 1 atom stereocenters. The third-order valence-electron chi connectivity index (χ3n) is 4.67. The second-order valence-corrected chi connectivity index (χ2v) is 6.83. The topological polar surface area (TPSA) is 22.6 Å². The van der Waals surface area contributed by atoms with Gasteiger partial charge in [0.25, 0.3) is 0 Å². The maximum atomic E-state index is 5.93. The number of nitrogens with zero attached hydrogens (tertiary/aromatic N) is 4. The summed E-state index contributed by atoms with van der Waals surface area (Å²) in [7, 11) is 2.21. The van der Waals surface area contributed by atoms with Crippen LogP contribution >= 0.6 is 11.6 Å². The van der Waals surface area contributed by atoms with Crippen LogP contribution in [-0.2, 0) is 0 Å². The van der Waals surface area contributed by atoms with E-state index in [1.165, 1.54) is 45.6 Å². The number of halogens is 1. The Morgan fingerprint density at radius 1 is 1.19 bits per heavy atom. The molecule has 3 rings (SSSR count). The summed E-state index contributed by atoms with van der Waals surface area (Å²) in [5, 5.41) is 0.713. The van der Waals surface area contributed by atoms with Crippen molar-refractivity contribution in [3.8, 4) is 0 Å². The van der Waals surface area contributed by atoms with Crippen LogP contribution in [0, 0.1) is 5.92 Å². The van der Waals surface area contributed by atoms with Gasteiger partial charge in [0, 0.05) is 52.0 Å². The lowest BCUT2D eigenvalue weighted by atomic mass is 9.97. The molecular formula is C16H25ClN4. The number of hydrogen-bond donors (Lipinski definition) is 0. The fourth-order valence-electron chi connectivity index (χ4n) is 3.37. The van der Waals surface area contributed by atoms with E-state index in [0.717, 1.165) is 24.8 Å². The molecule has 2 aliphatic heterocycles. The molecule has 1 unspecified atom stereocenters. The van der Waals surface area contributed by atoms with Gasteiger partial charge in [-0.25, -0.2) is 4.98 Å². The van der Waals surface area contributed by atoms with Gasteiger partial charge in [-0.2, -0.15) is 0 Å². The van der Waals surface area contributed by atoms with Crippen molar-refractivity contribution in [2.24, 2.45) is 5.92 Å². The molecule has 3 heterocycles. The number of rotatable bonds is 3. The maximum absolute atomic E-state index is 5.93. The zero-order valence-electron chi connectivity index (χ0n) is 12.8. The molecule has 0 amide bonds. The second kappa shape index (κ2) is 6.95. The van der Waals surface area contributed by atoms with E-state index in [1.807, 2.05) is 12.1 Å². The monoisotopic (exact) mass is 308 g/mol. The lowest BCUT2D eigenvalue weighted by Crippen LogP contribution is -2.48. The molecule has 1 aromatic rings. The van der Waals surface area contributed by atoms with Gasteiger partial charge in [-0.1, -0.05) is 11.6 Å². The van der Waals surface area contributed by atoms with Crippen LogP contribution in [0.3, 0.4) is 0 Å². The van der Waals surface area contributed by atoms with Gasteiger partial charge in [0.05, 0.1) is 5.02 Å². The maximum Gasteiger partial charge on any atom is 0.128 e. The Morgan fingerprint density at radius 2 is 2.00 bits per heavy atom. The lowest BCUT2D eigenvalue weighted by Gasteiger charge is -2.38. The molecular weight excluding hydrogens is 284 g/mol. The van der Waals surface area contributed by atoms with Gasteiger partial charge >= 0.3 is 0 Å². The zero-order valence-corrected chi connectivity index (χ0v) is 13.6. The molecule has 1 aromatic heterocycles.